The average molecular weight is 418 g/mol. The molecule has 0 heterocycles. The van der Waals surface area contributed by atoms with Crippen molar-refractivity contribution >= 4 is 11.0 Å². The SMILES string of the molecule is COc1cc(C)c(S(=O)N(CCO)Cc2ccc(C[O-])c(O)c2)c(C)c1.[K+]. The zero-order valence-electron chi connectivity index (χ0n) is 16.2. The van der Waals surface area contributed by atoms with E-state index in [0.717, 1.165) is 11.1 Å². The fourth-order valence-corrected chi connectivity index (χ4v) is 4.24. The van der Waals surface area contributed by atoms with E-state index >= 15 is 0 Å². The van der Waals surface area contributed by atoms with Gasteiger partial charge in [0.1, 0.15) is 22.5 Å². The summed E-state index contributed by atoms with van der Waals surface area (Å²) >= 11 is 0. The molecule has 2 rings (SSSR count). The summed E-state index contributed by atoms with van der Waals surface area (Å²) in [6, 6.07) is 8.45. The molecule has 0 aliphatic carbocycles. The van der Waals surface area contributed by atoms with E-state index in [4.69, 9.17) is 4.74 Å². The molecule has 0 saturated carbocycles. The van der Waals surface area contributed by atoms with Crippen molar-refractivity contribution < 1.29 is 75.6 Å². The van der Waals surface area contributed by atoms with E-state index in [1.165, 1.54) is 6.07 Å². The molecule has 2 aromatic carbocycles. The van der Waals surface area contributed by atoms with E-state index < -0.39 is 17.6 Å². The van der Waals surface area contributed by atoms with E-state index in [0.29, 0.717) is 21.8 Å². The Morgan fingerprint density at radius 1 is 1.19 bits per heavy atom. The Hall–Kier alpha value is -0.294. The number of hydrogen-bond acceptors (Lipinski definition) is 5. The third-order valence-corrected chi connectivity index (χ3v) is 5.87. The van der Waals surface area contributed by atoms with E-state index in [-0.39, 0.29) is 76.8 Å². The van der Waals surface area contributed by atoms with Gasteiger partial charge in [0.15, 0.2) is 0 Å². The molecule has 6 nitrogen and oxygen atoms in total. The second-order valence-corrected chi connectivity index (χ2v) is 7.46. The first-order chi connectivity index (χ1) is 12.4. The van der Waals surface area contributed by atoms with Gasteiger partial charge in [-0.3, -0.25) is 0 Å². The first kappa shape index (κ1) is 24.7. The van der Waals surface area contributed by atoms with Crippen molar-refractivity contribution in [3.63, 3.8) is 0 Å². The summed E-state index contributed by atoms with van der Waals surface area (Å²) in [5.41, 5.74) is 2.72. The molecular formula is C19H24KNO5S. The van der Waals surface area contributed by atoms with Gasteiger partial charge in [-0.2, -0.15) is 0 Å². The molecule has 0 aliphatic rings. The number of rotatable bonds is 8. The summed E-state index contributed by atoms with van der Waals surface area (Å²) in [5, 5.41) is 30.2. The largest absolute Gasteiger partial charge is 1.00 e. The first-order valence-electron chi connectivity index (χ1n) is 8.23. The predicted octanol–water partition coefficient (Wildman–Crippen LogP) is -1.60. The van der Waals surface area contributed by atoms with Gasteiger partial charge in [-0.05, 0) is 54.3 Å². The fraction of sp³-hybridized carbons (Fsp3) is 0.368. The van der Waals surface area contributed by atoms with Crippen molar-refractivity contribution in [2.24, 2.45) is 0 Å². The third-order valence-electron chi connectivity index (χ3n) is 4.09. The monoisotopic (exact) mass is 417 g/mol. The fourth-order valence-electron chi connectivity index (χ4n) is 2.80. The minimum atomic E-state index is -1.49. The number of nitrogens with zero attached hydrogens (tertiary/aromatic N) is 1. The Balaban J connectivity index is 0.00000364. The van der Waals surface area contributed by atoms with Crippen LogP contribution in [0.1, 0.15) is 22.3 Å². The molecule has 0 spiro atoms. The molecule has 2 aromatic rings. The smallest absolute Gasteiger partial charge is 0.851 e. The van der Waals surface area contributed by atoms with Gasteiger partial charge < -0.3 is 20.1 Å². The number of benzene rings is 2. The van der Waals surface area contributed by atoms with Crippen molar-refractivity contribution in [3.8, 4) is 11.5 Å². The average Bonchev–Trinajstić information content (AvgIpc) is 2.60. The molecule has 2 N–H and O–H groups in total. The maximum absolute atomic E-state index is 13.2. The molecule has 0 amide bonds. The van der Waals surface area contributed by atoms with Crippen LogP contribution >= 0.6 is 0 Å². The van der Waals surface area contributed by atoms with Crippen LogP contribution in [0.15, 0.2) is 35.2 Å². The van der Waals surface area contributed by atoms with Gasteiger partial charge in [0.25, 0.3) is 0 Å². The van der Waals surface area contributed by atoms with Crippen molar-refractivity contribution in [3.05, 3.63) is 52.6 Å². The second-order valence-electron chi connectivity index (χ2n) is 6.03. The van der Waals surface area contributed by atoms with E-state index in [1.54, 1.807) is 23.5 Å². The molecule has 0 fully saturated rings. The summed E-state index contributed by atoms with van der Waals surface area (Å²) in [6.45, 7) is 3.57. The van der Waals surface area contributed by atoms with Gasteiger partial charge in [0.05, 0.1) is 18.6 Å². The number of aromatic hydroxyl groups is 1. The number of ether oxygens (including phenoxy) is 1. The van der Waals surface area contributed by atoms with E-state index in [9.17, 15) is 19.5 Å². The van der Waals surface area contributed by atoms with Gasteiger partial charge in [0.2, 0.25) is 0 Å². The molecule has 0 radical (unpaired) electrons. The quantitative estimate of drug-likeness (QED) is 0.505. The summed E-state index contributed by atoms with van der Waals surface area (Å²) in [7, 11) is 0.0900. The molecule has 142 valence electrons. The molecule has 0 aromatic heterocycles. The minimum Gasteiger partial charge on any atom is -0.851 e. The normalized spacial score (nSPS) is 11.9. The molecule has 1 atom stereocenters. The summed E-state index contributed by atoms with van der Waals surface area (Å²) in [6.07, 6.45) is 0. The second kappa shape index (κ2) is 11.6. The van der Waals surface area contributed by atoms with Gasteiger partial charge in [-0.15, -0.1) is 6.61 Å². The van der Waals surface area contributed by atoms with E-state index in [1.807, 2.05) is 26.0 Å². The molecular weight excluding hydrogens is 393 g/mol. The number of aliphatic hydroxyl groups excluding tert-OH is 1. The van der Waals surface area contributed by atoms with Crippen LogP contribution in [0, 0.1) is 13.8 Å². The molecule has 0 bridgehead atoms. The Morgan fingerprint density at radius 3 is 2.30 bits per heavy atom. The molecule has 0 saturated heterocycles. The standard InChI is InChI=1S/C19H24NO5S.K/c1-13-8-17(25-3)9-14(2)19(13)26(24)20(6-7-21)11-15-4-5-16(12-22)18(23)10-15;/h4-5,8-10,21,23H,6-7,11-12H2,1-3H3;/q-1;+1. The summed E-state index contributed by atoms with van der Waals surface area (Å²) in [5.74, 6) is 0.636. The summed E-state index contributed by atoms with van der Waals surface area (Å²) in [4.78, 5) is 0.680. The van der Waals surface area contributed by atoms with Crippen LogP contribution in [0.3, 0.4) is 0 Å². The van der Waals surface area contributed by atoms with Gasteiger partial charge >= 0.3 is 51.4 Å². The number of phenols is 1. The van der Waals surface area contributed by atoms with Crippen LogP contribution in [-0.4, -0.2) is 39.0 Å². The van der Waals surface area contributed by atoms with Crippen LogP contribution < -0.4 is 61.2 Å². The van der Waals surface area contributed by atoms with Crippen molar-refractivity contribution in [1.29, 1.82) is 0 Å². The number of phenolic OH excluding ortho intramolecular Hbond substituents is 1. The van der Waals surface area contributed by atoms with Gasteiger partial charge in [-0.1, -0.05) is 12.1 Å². The van der Waals surface area contributed by atoms with Gasteiger partial charge in [-0.25, -0.2) is 8.51 Å². The van der Waals surface area contributed by atoms with Crippen LogP contribution in [0.4, 0.5) is 0 Å². The molecule has 8 heteroatoms. The maximum Gasteiger partial charge on any atom is 1.00 e. The van der Waals surface area contributed by atoms with Crippen molar-refractivity contribution in [1.82, 2.24) is 4.31 Å². The number of methoxy groups -OCH3 is 1. The first-order valence-corrected chi connectivity index (χ1v) is 9.33. The Morgan fingerprint density at radius 2 is 1.81 bits per heavy atom. The Bertz CT molecular complexity index is 777. The Kier molecular flexibility index (Phi) is 10.7. The van der Waals surface area contributed by atoms with Crippen molar-refractivity contribution in [2.75, 3.05) is 20.3 Å². The molecule has 1 unspecified atom stereocenters. The van der Waals surface area contributed by atoms with Crippen LogP contribution in [0.25, 0.3) is 0 Å². The Labute approximate surface area is 205 Å². The number of aryl methyl sites for hydroxylation is 2. The predicted molar refractivity (Wildman–Crippen MR) is 98.2 cm³/mol. The van der Waals surface area contributed by atoms with Crippen LogP contribution in [0.5, 0.6) is 11.5 Å². The number of aliphatic hydroxyl groups is 1. The van der Waals surface area contributed by atoms with E-state index in [2.05, 4.69) is 0 Å². The topological polar surface area (TPSA) is 93.1 Å². The zero-order valence-corrected chi connectivity index (χ0v) is 20.1. The third kappa shape index (κ3) is 6.35. The molecule has 0 aliphatic heterocycles. The summed E-state index contributed by atoms with van der Waals surface area (Å²) < 4.78 is 20.0. The van der Waals surface area contributed by atoms with Crippen molar-refractivity contribution in [2.45, 2.75) is 31.9 Å². The van der Waals surface area contributed by atoms with Crippen LogP contribution in [-0.2, 0) is 24.1 Å². The maximum atomic E-state index is 13.2. The number of hydrogen-bond donors (Lipinski definition) is 2. The van der Waals surface area contributed by atoms with Gasteiger partial charge in [0, 0.05) is 13.1 Å². The zero-order chi connectivity index (χ0) is 19.3. The molecule has 27 heavy (non-hydrogen) atoms. The van der Waals surface area contributed by atoms with Crippen LogP contribution in [0.2, 0.25) is 0 Å². The minimum absolute atomic E-state index is 0.